The number of amides is 2. The number of hydrogen-bond acceptors (Lipinski definition) is 4. The lowest BCUT2D eigenvalue weighted by molar-refractivity contribution is -0.129. The summed E-state index contributed by atoms with van der Waals surface area (Å²) in [5, 5.41) is 7.21. The fourth-order valence-corrected chi connectivity index (χ4v) is 3.47. The number of carbonyl (C=O) groups excluding carboxylic acids is 2. The van der Waals surface area contributed by atoms with Gasteiger partial charge in [-0.15, -0.1) is 0 Å². The molecule has 0 atom stereocenters. The molecular weight excluding hydrogens is 356 g/mol. The lowest BCUT2D eigenvalue weighted by Crippen LogP contribution is -2.55. The highest BCUT2D eigenvalue weighted by Gasteiger charge is 2.35. The van der Waals surface area contributed by atoms with E-state index in [1.54, 1.807) is 11.2 Å². The van der Waals surface area contributed by atoms with Gasteiger partial charge in [0, 0.05) is 37.9 Å². The van der Waals surface area contributed by atoms with Crippen molar-refractivity contribution in [3.8, 4) is 0 Å². The zero-order chi connectivity index (χ0) is 19.7. The van der Waals surface area contributed by atoms with Gasteiger partial charge in [-0.05, 0) is 38.1 Å². The van der Waals surface area contributed by atoms with Crippen LogP contribution >= 0.6 is 0 Å². The van der Waals surface area contributed by atoms with Crippen LogP contribution in [0.15, 0.2) is 36.8 Å². The van der Waals surface area contributed by atoms with Gasteiger partial charge in [0.25, 0.3) is 5.91 Å². The smallest absolute Gasteiger partial charge is 0.253 e. The fourth-order valence-electron chi connectivity index (χ4n) is 3.47. The molecule has 1 saturated heterocycles. The van der Waals surface area contributed by atoms with Crippen LogP contribution in [-0.4, -0.2) is 55.7 Å². The molecule has 0 unspecified atom stereocenters. The van der Waals surface area contributed by atoms with Crippen LogP contribution in [0.1, 0.15) is 23.0 Å². The second kappa shape index (κ2) is 7.46. The third-order valence-electron chi connectivity index (χ3n) is 5.16. The van der Waals surface area contributed by atoms with Crippen LogP contribution in [0.4, 0.5) is 0 Å². The Labute approximate surface area is 163 Å². The van der Waals surface area contributed by atoms with Gasteiger partial charge in [-0.3, -0.25) is 14.3 Å². The second-order valence-electron chi connectivity index (χ2n) is 7.15. The third kappa shape index (κ3) is 3.49. The van der Waals surface area contributed by atoms with Gasteiger partial charge >= 0.3 is 0 Å². The highest BCUT2D eigenvalue weighted by Crippen LogP contribution is 2.21. The standard InChI is InChI=1S/C20H24N6O2/c1-3-24-13-22-17-10-15(4-5-18(17)24)20(28)25-11-16(12-25)19(27)21-7-9-26-8-6-14(2)23-26/h4-6,8,10,13,16H,3,7,9,11-12H2,1-2H3,(H,21,27). The molecule has 1 aliphatic rings. The molecule has 1 fully saturated rings. The number of hydrogen-bond donors (Lipinski definition) is 1. The minimum Gasteiger partial charge on any atom is -0.354 e. The van der Waals surface area contributed by atoms with Crippen molar-refractivity contribution in [2.24, 2.45) is 5.92 Å². The van der Waals surface area contributed by atoms with Crippen molar-refractivity contribution in [3.63, 3.8) is 0 Å². The van der Waals surface area contributed by atoms with E-state index in [1.165, 1.54) is 0 Å². The van der Waals surface area contributed by atoms with Crippen molar-refractivity contribution in [1.29, 1.82) is 0 Å². The Kier molecular flexibility index (Phi) is 4.85. The molecule has 3 aromatic rings. The number of aryl methyl sites for hydroxylation is 2. The zero-order valence-corrected chi connectivity index (χ0v) is 16.1. The molecule has 0 spiro atoms. The number of fused-ring (bicyclic) bond motifs is 1. The first-order valence-corrected chi connectivity index (χ1v) is 9.57. The quantitative estimate of drug-likeness (QED) is 0.701. The maximum absolute atomic E-state index is 12.7. The summed E-state index contributed by atoms with van der Waals surface area (Å²) in [5.41, 5.74) is 3.41. The number of carbonyl (C=O) groups is 2. The molecule has 8 nitrogen and oxygen atoms in total. The summed E-state index contributed by atoms with van der Waals surface area (Å²) < 4.78 is 3.85. The molecule has 3 heterocycles. The monoisotopic (exact) mass is 380 g/mol. The second-order valence-corrected chi connectivity index (χ2v) is 7.15. The molecule has 4 rings (SSSR count). The predicted molar refractivity (Wildman–Crippen MR) is 105 cm³/mol. The number of likely N-dealkylation sites (tertiary alicyclic amines) is 1. The van der Waals surface area contributed by atoms with Gasteiger partial charge in [-0.2, -0.15) is 5.10 Å². The molecule has 8 heteroatoms. The Morgan fingerprint density at radius 1 is 1.25 bits per heavy atom. The first-order valence-electron chi connectivity index (χ1n) is 9.57. The van der Waals surface area contributed by atoms with E-state index in [-0.39, 0.29) is 17.7 Å². The molecule has 0 radical (unpaired) electrons. The van der Waals surface area contributed by atoms with Crippen LogP contribution in [0.5, 0.6) is 0 Å². The average Bonchev–Trinajstić information content (AvgIpc) is 3.25. The van der Waals surface area contributed by atoms with Gasteiger partial charge in [0.05, 0.1) is 35.5 Å². The molecule has 28 heavy (non-hydrogen) atoms. The van der Waals surface area contributed by atoms with Gasteiger partial charge in [0.15, 0.2) is 0 Å². The molecule has 0 saturated carbocycles. The van der Waals surface area contributed by atoms with Crippen molar-refractivity contribution in [2.45, 2.75) is 26.9 Å². The van der Waals surface area contributed by atoms with E-state index in [9.17, 15) is 9.59 Å². The predicted octanol–water partition coefficient (Wildman–Crippen LogP) is 1.45. The average molecular weight is 380 g/mol. The van der Waals surface area contributed by atoms with Crippen molar-refractivity contribution in [1.82, 2.24) is 29.5 Å². The van der Waals surface area contributed by atoms with E-state index in [1.807, 2.05) is 46.6 Å². The van der Waals surface area contributed by atoms with Crippen molar-refractivity contribution < 1.29 is 9.59 Å². The SMILES string of the molecule is CCn1cnc2cc(C(=O)N3CC(C(=O)NCCn4ccc(C)n4)C3)ccc21. The maximum atomic E-state index is 12.7. The minimum absolute atomic E-state index is 0.00920. The summed E-state index contributed by atoms with van der Waals surface area (Å²) in [6.07, 6.45) is 3.68. The highest BCUT2D eigenvalue weighted by atomic mass is 16.2. The normalized spacial score (nSPS) is 14.3. The molecule has 2 aromatic heterocycles. The molecular formula is C20H24N6O2. The summed E-state index contributed by atoms with van der Waals surface area (Å²) >= 11 is 0. The maximum Gasteiger partial charge on any atom is 0.253 e. The first-order chi connectivity index (χ1) is 13.5. The van der Waals surface area contributed by atoms with Crippen LogP contribution in [0.25, 0.3) is 11.0 Å². The van der Waals surface area contributed by atoms with Crippen LogP contribution in [0.3, 0.4) is 0 Å². The molecule has 1 aliphatic heterocycles. The Bertz CT molecular complexity index is 1010. The third-order valence-corrected chi connectivity index (χ3v) is 5.16. The minimum atomic E-state index is -0.147. The Hall–Kier alpha value is -3.16. The van der Waals surface area contributed by atoms with E-state index in [0.29, 0.717) is 31.7 Å². The molecule has 0 aliphatic carbocycles. The van der Waals surface area contributed by atoms with E-state index in [0.717, 1.165) is 23.3 Å². The number of imidazole rings is 1. The summed E-state index contributed by atoms with van der Waals surface area (Å²) in [7, 11) is 0. The van der Waals surface area contributed by atoms with E-state index in [2.05, 4.69) is 22.3 Å². The number of nitrogens with one attached hydrogen (secondary N) is 1. The largest absolute Gasteiger partial charge is 0.354 e. The van der Waals surface area contributed by atoms with Gasteiger partial charge < -0.3 is 14.8 Å². The molecule has 2 amide bonds. The first kappa shape index (κ1) is 18.2. The Morgan fingerprint density at radius 2 is 2.07 bits per heavy atom. The van der Waals surface area contributed by atoms with Gasteiger partial charge in [0.2, 0.25) is 5.91 Å². The van der Waals surface area contributed by atoms with Gasteiger partial charge in [0.1, 0.15) is 0 Å². The highest BCUT2D eigenvalue weighted by molar-refractivity contribution is 5.98. The molecule has 146 valence electrons. The zero-order valence-electron chi connectivity index (χ0n) is 16.1. The summed E-state index contributed by atoms with van der Waals surface area (Å²) in [4.78, 5) is 31.0. The van der Waals surface area contributed by atoms with Crippen molar-refractivity contribution in [3.05, 3.63) is 48.0 Å². The van der Waals surface area contributed by atoms with Gasteiger partial charge in [-0.1, -0.05) is 0 Å². The van der Waals surface area contributed by atoms with Crippen LogP contribution in [-0.2, 0) is 17.9 Å². The Morgan fingerprint density at radius 3 is 2.79 bits per heavy atom. The van der Waals surface area contributed by atoms with Gasteiger partial charge in [-0.25, -0.2) is 4.98 Å². The number of nitrogens with zero attached hydrogens (tertiary/aromatic N) is 5. The summed E-state index contributed by atoms with van der Waals surface area (Å²) in [5.74, 6) is -0.208. The van der Waals surface area contributed by atoms with E-state index in [4.69, 9.17) is 0 Å². The van der Waals surface area contributed by atoms with Crippen molar-refractivity contribution in [2.75, 3.05) is 19.6 Å². The van der Waals surface area contributed by atoms with Crippen LogP contribution in [0.2, 0.25) is 0 Å². The fraction of sp³-hybridized carbons (Fsp3) is 0.400. The topological polar surface area (TPSA) is 85.0 Å². The summed E-state index contributed by atoms with van der Waals surface area (Å²) in [6, 6.07) is 7.52. The van der Waals surface area contributed by atoms with Crippen LogP contribution in [0, 0.1) is 12.8 Å². The lowest BCUT2D eigenvalue weighted by Gasteiger charge is -2.38. The van der Waals surface area contributed by atoms with E-state index < -0.39 is 0 Å². The Balaban J connectivity index is 1.28. The lowest BCUT2D eigenvalue weighted by atomic mass is 9.97. The molecule has 0 bridgehead atoms. The molecule has 1 aromatic carbocycles. The van der Waals surface area contributed by atoms with Crippen LogP contribution < -0.4 is 5.32 Å². The van der Waals surface area contributed by atoms with E-state index >= 15 is 0 Å². The summed E-state index contributed by atoms with van der Waals surface area (Å²) in [6.45, 7) is 6.90. The number of rotatable bonds is 6. The number of benzene rings is 1. The van der Waals surface area contributed by atoms with Crippen molar-refractivity contribution >= 4 is 22.8 Å². The molecule has 1 N–H and O–H groups in total. The number of aromatic nitrogens is 4.